The minimum Gasteiger partial charge on any atom is -0.293 e. The minimum atomic E-state index is -0.139. The highest BCUT2D eigenvalue weighted by Gasteiger charge is 2.03. The Kier molecular flexibility index (Phi) is 1.33. The molecular formula is C6H5N5O. The molecule has 6 nitrogen and oxygen atoms in total. The molecule has 2 heterocycles. The molecule has 0 N–H and O–H groups in total. The van der Waals surface area contributed by atoms with Crippen LogP contribution in [0.2, 0.25) is 0 Å². The van der Waals surface area contributed by atoms with Crippen LogP contribution < -0.4 is 0 Å². The van der Waals surface area contributed by atoms with Crippen molar-refractivity contribution in [2.75, 3.05) is 0 Å². The number of hydrogen-bond acceptors (Lipinski definition) is 5. The van der Waals surface area contributed by atoms with Crippen LogP contribution in [0, 0.1) is 0 Å². The Morgan fingerprint density at radius 3 is 3.08 bits per heavy atom. The minimum absolute atomic E-state index is 0.139. The molecule has 0 aliphatic heterocycles. The van der Waals surface area contributed by atoms with Crippen molar-refractivity contribution in [3.8, 4) is 0 Å². The normalized spacial score (nSPS) is 10.4. The second-order valence-corrected chi connectivity index (χ2v) is 2.28. The fourth-order valence-electron chi connectivity index (χ4n) is 0.808. The summed E-state index contributed by atoms with van der Waals surface area (Å²) in [6.07, 6.45) is 2.85. The van der Waals surface area contributed by atoms with E-state index in [1.165, 1.54) is 24.0 Å². The van der Waals surface area contributed by atoms with E-state index in [0.717, 1.165) is 0 Å². The molecule has 0 atom stereocenters. The number of fused-ring (bicyclic) bond motifs is 1. The summed E-state index contributed by atoms with van der Waals surface area (Å²) in [6, 6.07) is 0. The van der Waals surface area contributed by atoms with Gasteiger partial charge in [-0.25, -0.2) is 4.52 Å². The van der Waals surface area contributed by atoms with Gasteiger partial charge in [0.1, 0.15) is 12.0 Å². The lowest BCUT2D eigenvalue weighted by Gasteiger charge is -1.92. The molecule has 2 rings (SSSR count). The quantitative estimate of drug-likeness (QED) is 0.540. The molecule has 2 aromatic rings. The van der Waals surface area contributed by atoms with E-state index in [0.29, 0.717) is 5.78 Å². The molecular weight excluding hydrogens is 158 g/mol. The van der Waals surface area contributed by atoms with Crippen LogP contribution in [-0.4, -0.2) is 30.6 Å². The SMILES string of the molecule is CC(=O)c1cn2ncnc2nn1. The highest BCUT2D eigenvalue weighted by molar-refractivity contribution is 5.91. The van der Waals surface area contributed by atoms with Gasteiger partial charge < -0.3 is 0 Å². The van der Waals surface area contributed by atoms with Crippen molar-refractivity contribution in [1.29, 1.82) is 0 Å². The molecule has 0 saturated carbocycles. The van der Waals surface area contributed by atoms with Crippen molar-refractivity contribution in [2.45, 2.75) is 6.92 Å². The number of ketones is 1. The van der Waals surface area contributed by atoms with Gasteiger partial charge >= 0.3 is 0 Å². The zero-order valence-electron chi connectivity index (χ0n) is 6.30. The molecule has 0 radical (unpaired) electrons. The van der Waals surface area contributed by atoms with E-state index in [-0.39, 0.29) is 11.5 Å². The molecule has 0 saturated heterocycles. The van der Waals surface area contributed by atoms with Gasteiger partial charge in [-0.3, -0.25) is 4.79 Å². The molecule has 12 heavy (non-hydrogen) atoms. The largest absolute Gasteiger partial charge is 0.293 e. The summed E-state index contributed by atoms with van der Waals surface area (Å²) in [5.74, 6) is 0.250. The molecule has 2 aromatic heterocycles. The van der Waals surface area contributed by atoms with E-state index in [1.54, 1.807) is 0 Å². The zero-order valence-corrected chi connectivity index (χ0v) is 6.30. The van der Waals surface area contributed by atoms with Gasteiger partial charge in [-0.1, -0.05) is 0 Å². The third kappa shape index (κ3) is 0.931. The monoisotopic (exact) mass is 163 g/mol. The number of nitrogens with zero attached hydrogens (tertiary/aromatic N) is 5. The van der Waals surface area contributed by atoms with Crippen LogP contribution in [0.15, 0.2) is 12.5 Å². The highest BCUT2D eigenvalue weighted by atomic mass is 16.1. The van der Waals surface area contributed by atoms with Gasteiger partial charge in [0, 0.05) is 6.92 Å². The number of rotatable bonds is 1. The average molecular weight is 163 g/mol. The van der Waals surface area contributed by atoms with Crippen LogP contribution in [0.3, 0.4) is 0 Å². The third-order valence-corrected chi connectivity index (χ3v) is 1.41. The van der Waals surface area contributed by atoms with Crippen molar-refractivity contribution in [1.82, 2.24) is 24.8 Å². The summed E-state index contributed by atoms with van der Waals surface area (Å²) < 4.78 is 1.41. The first-order valence-electron chi connectivity index (χ1n) is 3.31. The van der Waals surface area contributed by atoms with Gasteiger partial charge in [-0.15, -0.1) is 10.2 Å². The summed E-state index contributed by atoms with van der Waals surface area (Å²) in [7, 11) is 0. The maximum absolute atomic E-state index is 10.8. The van der Waals surface area contributed by atoms with Crippen molar-refractivity contribution in [3.63, 3.8) is 0 Å². The van der Waals surface area contributed by atoms with Crippen LogP contribution >= 0.6 is 0 Å². The Labute approximate surface area is 67.3 Å². The number of hydrogen-bond donors (Lipinski definition) is 0. The molecule has 0 spiro atoms. The number of carbonyl (C=O) groups is 1. The summed E-state index contributed by atoms with van der Waals surface area (Å²) in [5, 5.41) is 11.1. The van der Waals surface area contributed by atoms with Gasteiger partial charge in [0.15, 0.2) is 5.78 Å². The van der Waals surface area contributed by atoms with Crippen molar-refractivity contribution >= 4 is 11.6 Å². The standard InChI is InChI=1S/C6H5N5O/c1-4(12)5-2-11-6(10-9-5)7-3-8-11/h2-3H,1H3. The van der Waals surface area contributed by atoms with E-state index in [2.05, 4.69) is 20.3 Å². The molecule has 60 valence electrons. The molecule has 0 aromatic carbocycles. The lowest BCUT2D eigenvalue weighted by molar-refractivity contribution is 0.101. The topological polar surface area (TPSA) is 73.0 Å². The van der Waals surface area contributed by atoms with Gasteiger partial charge in [0.25, 0.3) is 5.78 Å². The first kappa shape index (κ1) is 6.84. The highest BCUT2D eigenvalue weighted by Crippen LogP contribution is 1.95. The fraction of sp³-hybridized carbons (Fsp3) is 0.167. The molecule has 0 unspecified atom stereocenters. The predicted molar refractivity (Wildman–Crippen MR) is 38.6 cm³/mol. The first-order chi connectivity index (χ1) is 5.77. The molecule has 0 aliphatic carbocycles. The second-order valence-electron chi connectivity index (χ2n) is 2.28. The van der Waals surface area contributed by atoms with Crippen LogP contribution in [0.1, 0.15) is 17.4 Å². The summed E-state index contributed by atoms with van der Waals surface area (Å²) in [4.78, 5) is 14.6. The maximum Gasteiger partial charge on any atom is 0.271 e. The average Bonchev–Trinajstić information content (AvgIpc) is 2.49. The van der Waals surface area contributed by atoms with Crippen LogP contribution in [0.4, 0.5) is 0 Å². The van der Waals surface area contributed by atoms with Crippen molar-refractivity contribution < 1.29 is 4.79 Å². The Hall–Kier alpha value is -1.85. The first-order valence-corrected chi connectivity index (χ1v) is 3.31. The van der Waals surface area contributed by atoms with Gasteiger partial charge in [-0.2, -0.15) is 10.1 Å². The molecule has 0 fully saturated rings. The maximum atomic E-state index is 10.8. The van der Waals surface area contributed by atoms with Crippen LogP contribution in [-0.2, 0) is 0 Å². The van der Waals surface area contributed by atoms with E-state index in [9.17, 15) is 4.79 Å². The predicted octanol–water partition coefficient (Wildman–Crippen LogP) is -0.278. The van der Waals surface area contributed by atoms with E-state index in [4.69, 9.17) is 0 Å². The van der Waals surface area contributed by atoms with Crippen molar-refractivity contribution in [3.05, 3.63) is 18.2 Å². The second kappa shape index (κ2) is 2.33. The lowest BCUT2D eigenvalue weighted by atomic mass is 10.3. The lowest BCUT2D eigenvalue weighted by Crippen LogP contribution is -2.03. The molecule has 0 amide bonds. The van der Waals surface area contributed by atoms with Crippen LogP contribution in [0.25, 0.3) is 5.78 Å². The summed E-state index contributed by atoms with van der Waals surface area (Å²) >= 11 is 0. The summed E-state index contributed by atoms with van der Waals surface area (Å²) in [6.45, 7) is 1.42. The molecule has 6 heteroatoms. The Bertz CT molecular complexity index is 434. The molecule has 0 bridgehead atoms. The van der Waals surface area contributed by atoms with E-state index in [1.807, 2.05) is 0 Å². The zero-order chi connectivity index (χ0) is 8.55. The van der Waals surface area contributed by atoms with Gasteiger partial charge in [-0.05, 0) is 0 Å². The van der Waals surface area contributed by atoms with Crippen LogP contribution in [0.5, 0.6) is 0 Å². The Morgan fingerprint density at radius 2 is 2.33 bits per heavy atom. The third-order valence-electron chi connectivity index (χ3n) is 1.41. The number of aromatic nitrogens is 5. The van der Waals surface area contributed by atoms with E-state index < -0.39 is 0 Å². The Balaban J connectivity index is 2.68. The van der Waals surface area contributed by atoms with Crippen molar-refractivity contribution in [2.24, 2.45) is 0 Å². The smallest absolute Gasteiger partial charge is 0.271 e. The van der Waals surface area contributed by atoms with E-state index >= 15 is 0 Å². The summed E-state index contributed by atoms with van der Waals surface area (Å²) in [5.41, 5.74) is 0.285. The number of Topliss-reactive ketones (excluding diaryl/α,β-unsaturated/α-hetero) is 1. The fourth-order valence-corrected chi connectivity index (χ4v) is 0.808. The van der Waals surface area contributed by atoms with Gasteiger partial charge in [0.05, 0.1) is 6.20 Å². The van der Waals surface area contributed by atoms with Gasteiger partial charge in [0.2, 0.25) is 0 Å². The molecule has 0 aliphatic rings. The number of carbonyl (C=O) groups excluding carboxylic acids is 1. The Morgan fingerprint density at radius 1 is 1.50 bits per heavy atom.